The van der Waals surface area contributed by atoms with Crippen molar-refractivity contribution in [2.45, 2.75) is 0 Å². The van der Waals surface area contributed by atoms with Gasteiger partial charge in [0.25, 0.3) is 5.91 Å². The lowest BCUT2D eigenvalue weighted by Crippen LogP contribution is -2.13. The Bertz CT molecular complexity index is 668. The smallest absolute Gasteiger partial charge is 0.255 e. The van der Waals surface area contributed by atoms with Gasteiger partial charge in [0.15, 0.2) is 17.5 Å². The van der Waals surface area contributed by atoms with Crippen molar-refractivity contribution < 1.29 is 18.0 Å². The molecule has 2 aromatic rings. The summed E-state index contributed by atoms with van der Waals surface area (Å²) in [6.45, 7) is 0. The van der Waals surface area contributed by atoms with E-state index >= 15 is 0 Å². The van der Waals surface area contributed by atoms with Crippen LogP contribution in [0.3, 0.4) is 0 Å². The van der Waals surface area contributed by atoms with Crippen molar-refractivity contribution in [1.82, 2.24) is 0 Å². The molecule has 0 aromatic heterocycles. The number of halogens is 4. The van der Waals surface area contributed by atoms with Crippen LogP contribution in [0.2, 0.25) is 0 Å². The molecule has 3 nitrogen and oxygen atoms in total. The van der Waals surface area contributed by atoms with E-state index in [-0.39, 0.29) is 5.56 Å². The number of carbonyl (C=O) groups excluding carboxylic acids is 1. The summed E-state index contributed by atoms with van der Waals surface area (Å²) in [5.74, 6) is -5.26. The molecule has 0 unspecified atom stereocenters. The van der Waals surface area contributed by atoms with E-state index in [1.165, 1.54) is 6.07 Å². The number of anilines is 2. The third kappa shape index (κ3) is 2.93. The molecule has 0 aliphatic rings. The van der Waals surface area contributed by atoms with Crippen molar-refractivity contribution in [3.8, 4) is 0 Å². The van der Waals surface area contributed by atoms with Crippen LogP contribution in [-0.2, 0) is 0 Å². The van der Waals surface area contributed by atoms with E-state index in [2.05, 4.69) is 21.2 Å². The summed E-state index contributed by atoms with van der Waals surface area (Å²) >= 11 is 3.19. The monoisotopic (exact) mass is 344 g/mol. The van der Waals surface area contributed by atoms with Crippen molar-refractivity contribution in [3.05, 3.63) is 57.8 Å². The van der Waals surface area contributed by atoms with Crippen LogP contribution in [0.5, 0.6) is 0 Å². The van der Waals surface area contributed by atoms with Gasteiger partial charge in [-0.25, -0.2) is 13.2 Å². The Hall–Kier alpha value is -2.02. The van der Waals surface area contributed by atoms with Crippen LogP contribution in [0, 0.1) is 17.5 Å². The molecule has 0 aliphatic carbocycles. The molecule has 7 heteroatoms. The molecule has 0 radical (unpaired) electrons. The Labute approximate surface area is 120 Å². The molecule has 104 valence electrons. The second-order valence-electron chi connectivity index (χ2n) is 3.95. The minimum atomic E-state index is -1.62. The lowest BCUT2D eigenvalue weighted by molar-refractivity contribution is 0.102. The van der Waals surface area contributed by atoms with Crippen LogP contribution in [0.25, 0.3) is 0 Å². The Morgan fingerprint density at radius 3 is 2.30 bits per heavy atom. The maximum absolute atomic E-state index is 13.1. The number of rotatable bonds is 2. The molecule has 0 fully saturated rings. The zero-order valence-electron chi connectivity index (χ0n) is 9.88. The van der Waals surface area contributed by atoms with E-state index in [4.69, 9.17) is 5.73 Å². The molecule has 2 rings (SSSR count). The number of benzene rings is 2. The van der Waals surface area contributed by atoms with Crippen molar-refractivity contribution in [2.75, 3.05) is 11.1 Å². The molecule has 20 heavy (non-hydrogen) atoms. The second-order valence-corrected chi connectivity index (χ2v) is 4.80. The summed E-state index contributed by atoms with van der Waals surface area (Å²) in [5, 5.41) is 2.42. The summed E-state index contributed by atoms with van der Waals surface area (Å²) in [6, 6.07) is 5.92. The Morgan fingerprint density at radius 1 is 1.10 bits per heavy atom. The molecule has 3 N–H and O–H groups in total. The molecule has 2 aromatic carbocycles. The Morgan fingerprint density at radius 2 is 1.70 bits per heavy atom. The highest BCUT2D eigenvalue weighted by atomic mass is 79.9. The van der Waals surface area contributed by atoms with Crippen LogP contribution < -0.4 is 11.1 Å². The van der Waals surface area contributed by atoms with E-state index in [9.17, 15) is 18.0 Å². The quantitative estimate of drug-likeness (QED) is 0.644. The standard InChI is InChI=1S/C13H8BrF3N2O/c14-8-2-1-7(18)5-11(8)19-13(20)6-3-9(15)12(17)10(16)4-6/h1-5H,18H2,(H,19,20). The van der Waals surface area contributed by atoms with E-state index < -0.39 is 23.4 Å². The summed E-state index contributed by atoms with van der Waals surface area (Å²) in [7, 11) is 0. The van der Waals surface area contributed by atoms with Gasteiger partial charge in [0, 0.05) is 15.7 Å². The molecule has 0 saturated carbocycles. The number of nitrogen functional groups attached to an aromatic ring is 1. The lowest BCUT2D eigenvalue weighted by atomic mass is 10.2. The van der Waals surface area contributed by atoms with Crippen LogP contribution in [0.4, 0.5) is 24.5 Å². The highest BCUT2D eigenvalue weighted by Gasteiger charge is 2.15. The molecule has 0 atom stereocenters. The van der Waals surface area contributed by atoms with Crippen LogP contribution in [-0.4, -0.2) is 5.91 Å². The van der Waals surface area contributed by atoms with Gasteiger partial charge in [-0.3, -0.25) is 4.79 Å². The van der Waals surface area contributed by atoms with Crippen LogP contribution in [0.15, 0.2) is 34.8 Å². The van der Waals surface area contributed by atoms with Gasteiger partial charge >= 0.3 is 0 Å². The van der Waals surface area contributed by atoms with Gasteiger partial charge in [-0.15, -0.1) is 0 Å². The first kappa shape index (κ1) is 14.4. The number of nitrogens with one attached hydrogen (secondary N) is 1. The van der Waals surface area contributed by atoms with Gasteiger partial charge in [-0.05, 0) is 46.3 Å². The summed E-state index contributed by atoms with van der Waals surface area (Å²) in [5.41, 5.74) is 5.97. The molecule has 0 spiro atoms. The second kappa shape index (κ2) is 5.54. The first-order valence-corrected chi connectivity index (χ1v) is 6.18. The SMILES string of the molecule is Nc1ccc(Br)c(NC(=O)c2cc(F)c(F)c(F)c2)c1. The topological polar surface area (TPSA) is 55.1 Å². The summed E-state index contributed by atoms with van der Waals surface area (Å²) in [6.07, 6.45) is 0. The predicted molar refractivity (Wildman–Crippen MR) is 72.8 cm³/mol. The largest absolute Gasteiger partial charge is 0.399 e. The highest BCUT2D eigenvalue weighted by Crippen LogP contribution is 2.25. The average Bonchev–Trinajstić information content (AvgIpc) is 2.39. The van der Waals surface area contributed by atoms with E-state index in [0.717, 1.165) is 0 Å². The minimum absolute atomic E-state index is 0.333. The number of hydrogen-bond acceptors (Lipinski definition) is 2. The number of amides is 1. The number of carbonyl (C=O) groups is 1. The molecule has 0 aliphatic heterocycles. The molecule has 0 saturated heterocycles. The van der Waals surface area contributed by atoms with Crippen LogP contribution >= 0.6 is 15.9 Å². The molecule has 1 amide bonds. The van der Waals surface area contributed by atoms with Gasteiger partial charge < -0.3 is 11.1 Å². The van der Waals surface area contributed by atoms with Crippen molar-refractivity contribution in [1.29, 1.82) is 0 Å². The van der Waals surface area contributed by atoms with Crippen LogP contribution in [0.1, 0.15) is 10.4 Å². The van der Waals surface area contributed by atoms with Gasteiger partial charge in [-0.1, -0.05) is 0 Å². The fourth-order valence-electron chi connectivity index (χ4n) is 1.52. The Kier molecular flexibility index (Phi) is 3.99. The minimum Gasteiger partial charge on any atom is -0.399 e. The third-order valence-electron chi connectivity index (χ3n) is 2.48. The maximum atomic E-state index is 13.1. The molecule has 0 heterocycles. The van der Waals surface area contributed by atoms with Crippen molar-refractivity contribution in [3.63, 3.8) is 0 Å². The Balaban J connectivity index is 2.31. The predicted octanol–water partition coefficient (Wildman–Crippen LogP) is 3.70. The third-order valence-corrected chi connectivity index (χ3v) is 3.18. The number of nitrogens with two attached hydrogens (primary N) is 1. The number of hydrogen-bond donors (Lipinski definition) is 2. The fourth-order valence-corrected chi connectivity index (χ4v) is 1.87. The van der Waals surface area contributed by atoms with Gasteiger partial charge in [-0.2, -0.15) is 0 Å². The van der Waals surface area contributed by atoms with Gasteiger partial charge in [0.2, 0.25) is 0 Å². The van der Waals surface area contributed by atoms with E-state index in [1.54, 1.807) is 12.1 Å². The molecular weight excluding hydrogens is 337 g/mol. The van der Waals surface area contributed by atoms with Gasteiger partial charge in [0.05, 0.1) is 5.69 Å². The van der Waals surface area contributed by atoms with E-state index in [1.807, 2.05) is 0 Å². The average molecular weight is 345 g/mol. The lowest BCUT2D eigenvalue weighted by Gasteiger charge is -2.09. The van der Waals surface area contributed by atoms with E-state index in [0.29, 0.717) is 28.0 Å². The molecule has 0 bridgehead atoms. The fraction of sp³-hybridized carbons (Fsp3) is 0. The highest BCUT2D eigenvalue weighted by molar-refractivity contribution is 9.10. The maximum Gasteiger partial charge on any atom is 0.255 e. The van der Waals surface area contributed by atoms with Crippen molar-refractivity contribution >= 4 is 33.2 Å². The zero-order valence-corrected chi connectivity index (χ0v) is 11.5. The van der Waals surface area contributed by atoms with Crippen molar-refractivity contribution in [2.24, 2.45) is 0 Å². The first-order valence-electron chi connectivity index (χ1n) is 5.39. The summed E-state index contributed by atoms with van der Waals surface area (Å²) < 4.78 is 39.5. The first-order chi connectivity index (χ1) is 9.38. The molecular formula is C13H8BrF3N2O. The summed E-state index contributed by atoms with van der Waals surface area (Å²) in [4.78, 5) is 11.9. The normalized spacial score (nSPS) is 10.4. The zero-order chi connectivity index (χ0) is 14.9. The van der Waals surface area contributed by atoms with Gasteiger partial charge in [0.1, 0.15) is 0 Å².